The van der Waals surface area contributed by atoms with Gasteiger partial charge in [-0.3, -0.25) is 4.79 Å². The third-order valence-electron chi connectivity index (χ3n) is 3.31. The first-order valence-electron chi connectivity index (χ1n) is 7.39. The fourth-order valence-electron chi connectivity index (χ4n) is 2.12. The lowest BCUT2D eigenvalue weighted by molar-refractivity contribution is 0.132. The van der Waals surface area contributed by atoms with Gasteiger partial charge in [0.1, 0.15) is 19.0 Å². The molecule has 0 aliphatic rings. The van der Waals surface area contributed by atoms with Gasteiger partial charge in [0.2, 0.25) is 0 Å². The standard InChI is InChI=1S/C17H21NO6/c1-11(19)13-8-12-9-15(23-6-4-21-2)16(24-7-5-22-3)10-14(12)18-17(13)20/h8-10,19H,1,4-7H2,2-3H3,(H,18,20). The monoisotopic (exact) mass is 335 g/mol. The number of rotatable bonds is 9. The SMILES string of the molecule is C=C(O)c1cc2cc(OCCOC)c(OCCOC)cc2[nH]c1=O. The third-order valence-corrected chi connectivity index (χ3v) is 3.31. The summed E-state index contributed by atoms with van der Waals surface area (Å²) in [6.07, 6.45) is 0. The van der Waals surface area contributed by atoms with Crippen molar-refractivity contribution < 1.29 is 24.1 Å². The van der Waals surface area contributed by atoms with Gasteiger partial charge >= 0.3 is 0 Å². The van der Waals surface area contributed by atoms with E-state index < -0.39 is 5.56 Å². The lowest BCUT2D eigenvalue weighted by Gasteiger charge is -2.14. The number of benzene rings is 1. The largest absolute Gasteiger partial charge is 0.508 e. The van der Waals surface area contributed by atoms with Gasteiger partial charge in [0.05, 0.1) is 24.3 Å². The van der Waals surface area contributed by atoms with E-state index in [4.69, 9.17) is 18.9 Å². The van der Waals surface area contributed by atoms with E-state index in [0.29, 0.717) is 48.8 Å². The first-order chi connectivity index (χ1) is 11.6. The third kappa shape index (κ3) is 4.27. The predicted molar refractivity (Wildman–Crippen MR) is 91.0 cm³/mol. The number of fused-ring (bicyclic) bond motifs is 1. The van der Waals surface area contributed by atoms with Crippen LogP contribution in [0.1, 0.15) is 5.56 Å². The summed E-state index contributed by atoms with van der Waals surface area (Å²) in [7, 11) is 3.17. The van der Waals surface area contributed by atoms with E-state index in [0.717, 1.165) is 0 Å². The Hall–Kier alpha value is -2.51. The molecule has 7 nitrogen and oxygen atoms in total. The Kier molecular flexibility index (Phi) is 6.22. The van der Waals surface area contributed by atoms with Crippen LogP contribution in [0.15, 0.2) is 29.6 Å². The summed E-state index contributed by atoms with van der Waals surface area (Å²) in [6.45, 7) is 4.95. The van der Waals surface area contributed by atoms with Gasteiger partial charge in [0.15, 0.2) is 11.5 Å². The molecule has 24 heavy (non-hydrogen) atoms. The molecule has 0 fully saturated rings. The molecule has 1 heterocycles. The van der Waals surface area contributed by atoms with Crippen molar-refractivity contribution in [1.29, 1.82) is 0 Å². The highest BCUT2D eigenvalue weighted by Gasteiger charge is 2.12. The van der Waals surface area contributed by atoms with Crippen molar-refractivity contribution in [2.24, 2.45) is 0 Å². The number of aromatic nitrogens is 1. The van der Waals surface area contributed by atoms with Crippen LogP contribution in [0, 0.1) is 0 Å². The lowest BCUT2D eigenvalue weighted by Crippen LogP contribution is -2.12. The number of methoxy groups -OCH3 is 2. The summed E-state index contributed by atoms with van der Waals surface area (Å²) in [5.74, 6) is 0.708. The number of ether oxygens (including phenoxy) is 4. The first kappa shape index (κ1) is 17.8. The Balaban J connectivity index is 2.43. The second-order valence-electron chi connectivity index (χ2n) is 5.03. The number of pyridine rings is 1. The molecular weight excluding hydrogens is 314 g/mol. The molecule has 130 valence electrons. The smallest absolute Gasteiger partial charge is 0.259 e. The van der Waals surface area contributed by atoms with Gasteiger partial charge in [0.25, 0.3) is 5.56 Å². The molecule has 0 aliphatic carbocycles. The molecular formula is C17H21NO6. The summed E-state index contributed by atoms with van der Waals surface area (Å²) >= 11 is 0. The Morgan fingerprint density at radius 3 is 2.17 bits per heavy atom. The van der Waals surface area contributed by atoms with Crippen molar-refractivity contribution in [1.82, 2.24) is 4.98 Å². The minimum absolute atomic E-state index is 0.110. The highest BCUT2D eigenvalue weighted by Crippen LogP contribution is 2.32. The minimum atomic E-state index is -0.425. The van der Waals surface area contributed by atoms with Crippen LogP contribution < -0.4 is 15.0 Å². The molecule has 0 saturated heterocycles. The lowest BCUT2D eigenvalue weighted by atomic mass is 10.1. The molecule has 1 aromatic heterocycles. The summed E-state index contributed by atoms with van der Waals surface area (Å²) in [5.41, 5.74) is 0.251. The van der Waals surface area contributed by atoms with E-state index in [1.54, 1.807) is 32.4 Å². The van der Waals surface area contributed by atoms with Crippen LogP contribution in [0.2, 0.25) is 0 Å². The molecule has 0 bridgehead atoms. The van der Waals surface area contributed by atoms with Crippen LogP contribution in [0.4, 0.5) is 0 Å². The Labute approximate surface area is 139 Å². The van der Waals surface area contributed by atoms with Crippen molar-refractivity contribution in [2.75, 3.05) is 40.6 Å². The second-order valence-corrected chi connectivity index (χ2v) is 5.03. The first-order valence-corrected chi connectivity index (χ1v) is 7.39. The molecule has 0 radical (unpaired) electrons. The number of aromatic amines is 1. The zero-order chi connectivity index (χ0) is 17.5. The van der Waals surface area contributed by atoms with Crippen LogP contribution >= 0.6 is 0 Å². The molecule has 0 amide bonds. The van der Waals surface area contributed by atoms with Gasteiger partial charge in [-0.25, -0.2) is 0 Å². The zero-order valence-electron chi connectivity index (χ0n) is 13.8. The number of aliphatic hydroxyl groups is 1. The number of nitrogens with one attached hydrogen (secondary N) is 1. The number of aliphatic hydroxyl groups excluding tert-OH is 1. The molecule has 2 rings (SSSR count). The predicted octanol–water partition coefficient (Wildman–Crippen LogP) is 2.11. The summed E-state index contributed by atoms with van der Waals surface area (Å²) in [4.78, 5) is 14.7. The van der Waals surface area contributed by atoms with Gasteiger partial charge in [-0.05, 0) is 12.1 Å². The maximum atomic E-state index is 12.0. The van der Waals surface area contributed by atoms with E-state index in [9.17, 15) is 9.90 Å². The summed E-state index contributed by atoms with van der Waals surface area (Å²) < 4.78 is 21.3. The Bertz CT molecular complexity index is 768. The summed E-state index contributed by atoms with van der Waals surface area (Å²) in [6, 6.07) is 4.96. The van der Waals surface area contributed by atoms with Gasteiger partial charge in [-0.2, -0.15) is 0 Å². The van der Waals surface area contributed by atoms with Gasteiger partial charge in [0, 0.05) is 25.7 Å². The maximum absolute atomic E-state index is 12.0. The van der Waals surface area contributed by atoms with E-state index in [1.165, 1.54) is 0 Å². The molecule has 0 atom stereocenters. The Morgan fingerprint density at radius 1 is 1.04 bits per heavy atom. The fourth-order valence-corrected chi connectivity index (χ4v) is 2.12. The van der Waals surface area contributed by atoms with Gasteiger partial charge in [-0.1, -0.05) is 6.58 Å². The topological polar surface area (TPSA) is 90.0 Å². The highest BCUT2D eigenvalue weighted by molar-refractivity contribution is 5.84. The van der Waals surface area contributed by atoms with Crippen LogP contribution in [-0.2, 0) is 9.47 Å². The van der Waals surface area contributed by atoms with E-state index >= 15 is 0 Å². The molecule has 7 heteroatoms. The van der Waals surface area contributed by atoms with Crippen LogP contribution in [0.3, 0.4) is 0 Å². The quantitative estimate of drug-likeness (QED) is 0.539. The molecule has 0 saturated carbocycles. The number of hydrogen-bond donors (Lipinski definition) is 2. The molecule has 0 unspecified atom stereocenters. The van der Waals surface area contributed by atoms with Gasteiger partial charge in [-0.15, -0.1) is 0 Å². The van der Waals surface area contributed by atoms with Crippen molar-refractivity contribution in [3.8, 4) is 11.5 Å². The van der Waals surface area contributed by atoms with Crippen molar-refractivity contribution in [3.63, 3.8) is 0 Å². The van der Waals surface area contributed by atoms with Crippen molar-refractivity contribution >= 4 is 16.7 Å². The van der Waals surface area contributed by atoms with Crippen molar-refractivity contribution in [3.05, 3.63) is 40.7 Å². The maximum Gasteiger partial charge on any atom is 0.259 e. The average Bonchev–Trinajstić information content (AvgIpc) is 2.55. The highest BCUT2D eigenvalue weighted by atomic mass is 16.5. The Morgan fingerprint density at radius 2 is 1.62 bits per heavy atom. The number of H-pyrrole nitrogens is 1. The molecule has 0 spiro atoms. The number of hydrogen-bond acceptors (Lipinski definition) is 6. The fraction of sp³-hybridized carbons (Fsp3) is 0.353. The molecule has 0 aliphatic heterocycles. The van der Waals surface area contributed by atoms with Gasteiger partial charge < -0.3 is 29.0 Å². The second kappa shape index (κ2) is 8.37. The molecule has 1 aromatic carbocycles. The van der Waals surface area contributed by atoms with E-state index in [2.05, 4.69) is 11.6 Å². The van der Waals surface area contributed by atoms with Crippen LogP contribution in [-0.4, -0.2) is 50.7 Å². The van der Waals surface area contributed by atoms with Crippen LogP contribution in [0.25, 0.3) is 16.7 Å². The van der Waals surface area contributed by atoms with Crippen molar-refractivity contribution in [2.45, 2.75) is 0 Å². The zero-order valence-corrected chi connectivity index (χ0v) is 13.8. The average molecular weight is 335 g/mol. The molecule has 2 aromatic rings. The normalized spacial score (nSPS) is 10.8. The molecule has 2 N–H and O–H groups in total. The van der Waals surface area contributed by atoms with E-state index in [1.807, 2.05) is 0 Å². The van der Waals surface area contributed by atoms with Crippen LogP contribution in [0.5, 0.6) is 11.5 Å². The van der Waals surface area contributed by atoms with E-state index in [-0.39, 0.29) is 11.3 Å². The minimum Gasteiger partial charge on any atom is -0.508 e. The summed E-state index contributed by atoms with van der Waals surface area (Å²) in [5, 5.41) is 10.2.